The van der Waals surface area contributed by atoms with Crippen molar-refractivity contribution in [2.75, 3.05) is 7.11 Å². The first-order chi connectivity index (χ1) is 13.5. The van der Waals surface area contributed by atoms with Gasteiger partial charge in [-0.3, -0.25) is 9.78 Å². The number of aromatic nitrogens is 4. The molecule has 0 bridgehead atoms. The SMILES string of the molecule is C[C@H]1Cn2c(nnc2-c2cc(O[11CH3])ccn2)CN1C(=O)c1cccc(Cl)c1Cl. The number of methoxy groups -OCH3 is 1. The quantitative estimate of drug-likeness (QED) is 0.650. The van der Waals surface area contributed by atoms with Gasteiger partial charge < -0.3 is 14.2 Å². The minimum atomic E-state index is -0.185. The average Bonchev–Trinajstić information content (AvgIpc) is 3.11. The third kappa shape index (κ3) is 3.21. The highest BCUT2D eigenvalue weighted by atomic mass is 35.5. The molecule has 3 aromatic rings. The van der Waals surface area contributed by atoms with Gasteiger partial charge in [-0.2, -0.15) is 0 Å². The monoisotopic (exact) mass is 416 g/mol. The fraction of sp³-hybridized carbons (Fsp3) is 0.263. The van der Waals surface area contributed by atoms with E-state index < -0.39 is 0 Å². The van der Waals surface area contributed by atoms with Gasteiger partial charge >= 0.3 is 0 Å². The van der Waals surface area contributed by atoms with Crippen LogP contribution in [0.5, 0.6) is 5.75 Å². The van der Waals surface area contributed by atoms with Crippen LogP contribution in [0.15, 0.2) is 36.5 Å². The summed E-state index contributed by atoms with van der Waals surface area (Å²) in [5, 5.41) is 9.17. The molecule has 28 heavy (non-hydrogen) atoms. The molecule has 144 valence electrons. The first-order valence-electron chi connectivity index (χ1n) is 8.67. The first-order valence-corrected chi connectivity index (χ1v) is 9.42. The van der Waals surface area contributed by atoms with Crippen LogP contribution in [-0.4, -0.2) is 43.7 Å². The molecule has 2 aromatic heterocycles. The zero-order valence-corrected chi connectivity index (χ0v) is 16.8. The van der Waals surface area contributed by atoms with E-state index in [2.05, 4.69) is 15.2 Å². The highest BCUT2D eigenvalue weighted by molar-refractivity contribution is 6.43. The van der Waals surface area contributed by atoms with E-state index in [9.17, 15) is 4.79 Å². The molecule has 0 saturated heterocycles. The van der Waals surface area contributed by atoms with Crippen LogP contribution in [0.4, 0.5) is 0 Å². The molecule has 1 aliphatic rings. The summed E-state index contributed by atoms with van der Waals surface area (Å²) in [6.07, 6.45) is 1.67. The highest BCUT2D eigenvalue weighted by Gasteiger charge is 2.32. The Labute approximate surface area is 171 Å². The number of carbonyl (C=O) groups is 1. The number of benzene rings is 1. The van der Waals surface area contributed by atoms with Gasteiger partial charge in [-0.1, -0.05) is 29.3 Å². The Morgan fingerprint density at radius 2 is 2.07 bits per heavy atom. The molecule has 0 fully saturated rings. The number of pyridine rings is 1. The van der Waals surface area contributed by atoms with Crippen molar-refractivity contribution in [1.29, 1.82) is 0 Å². The lowest BCUT2D eigenvalue weighted by molar-refractivity contribution is 0.0612. The van der Waals surface area contributed by atoms with Crippen molar-refractivity contribution in [2.24, 2.45) is 0 Å². The third-order valence-corrected chi connectivity index (χ3v) is 5.58. The van der Waals surface area contributed by atoms with Crippen LogP contribution in [0.25, 0.3) is 11.5 Å². The maximum Gasteiger partial charge on any atom is 0.256 e. The Bertz CT molecular complexity index is 1050. The Morgan fingerprint density at radius 1 is 1.25 bits per heavy atom. The van der Waals surface area contributed by atoms with Gasteiger partial charge in [-0.15, -0.1) is 10.2 Å². The van der Waals surface area contributed by atoms with E-state index in [0.29, 0.717) is 46.8 Å². The second-order valence-corrected chi connectivity index (χ2v) is 7.30. The summed E-state index contributed by atoms with van der Waals surface area (Å²) in [4.78, 5) is 19.1. The molecule has 1 aromatic carbocycles. The summed E-state index contributed by atoms with van der Waals surface area (Å²) in [6, 6.07) is 8.54. The summed E-state index contributed by atoms with van der Waals surface area (Å²) >= 11 is 12.3. The summed E-state index contributed by atoms with van der Waals surface area (Å²) in [5.41, 5.74) is 1.05. The molecule has 1 atom stereocenters. The molecule has 3 heterocycles. The van der Waals surface area contributed by atoms with Crippen LogP contribution in [-0.2, 0) is 13.1 Å². The summed E-state index contributed by atoms with van der Waals surface area (Å²) < 4.78 is 7.24. The number of halogens is 2. The Morgan fingerprint density at radius 3 is 2.86 bits per heavy atom. The number of fused-ring (bicyclic) bond motifs is 1. The molecule has 0 aliphatic carbocycles. The largest absolute Gasteiger partial charge is 0.497 e. The van der Waals surface area contributed by atoms with E-state index in [1.165, 1.54) is 0 Å². The van der Waals surface area contributed by atoms with Crippen LogP contribution in [0.3, 0.4) is 0 Å². The first kappa shape index (κ1) is 18.7. The van der Waals surface area contributed by atoms with Crippen molar-refractivity contribution in [1.82, 2.24) is 24.6 Å². The minimum Gasteiger partial charge on any atom is -0.497 e. The van der Waals surface area contributed by atoms with Crippen molar-refractivity contribution in [2.45, 2.75) is 26.1 Å². The highest BCUT2D eigenvalue weighted by Crippen LogP contribution is 2.30. The minimum absolute atomic E-state index is 0.0876. The van der Waals surface area contributed by atoms with Crippen molar-refractivity contribution >= 4 is 29.1 Å². The summed E-state index contributed by atoms with van der Waals surface area (Å²) in [5.74, 6) is 1.84. The number of hydrogen-bond acceptors (Lipinski definition) is 5. The number of rotatable bonds is 3. The Hall–Kier alpha value is -2.64. The number of hydrogen-bond donors (Lipinski definition) is 0. The predicted octanol–water partition coefficient (Wildman–Crippen LogP) is 3.70. The fourth-order valence-electron chi connectivity index (χ4n) is 3.26. The molecule has 0 saturated carbocycles. The zero-order chi connectivity index (χ0) is 19.8. The molecule has 9 heteroatoms. The van der Waals surface area contributed by atoms with Gasteiger partial charge in [-0.25, -0.2) is 0 Å². The second-order valence-electron chi connectivity index (χ2n) is 6.51. The molecule has 4 rings (SSSR count). The lowest BCUT2D eigenvalue weighted by Gasteiger charge is -2.34. The normalized spacial score (nSPS) is 16.0. The van der Waals surface area contributed by atoms with E-state index in [1.54, 1.807) is 42.5 Å². The van der Waals surface area contributed by atoms with E-state index in [4.69, 9.17) is 27.9 Å². The van der Waals surface area contributed by atoms with Gasteiger partial charge in [0.15, 0.2) is 11.6 Å². The standard InChI is InChI=1S/C19H17Cl2N5O2/c1-11-9-26-16(23-24-18(26)15-8-12(28-2)6-7-22-15)10-25(11)19(27)13-4-3-5-14(20)17(13)21/h3-8,11H,9-10H2,1-2H3/t11-/m0/s1/i2-1. The maximum atomic E-state index is 13.0. The van der Waals surface area contributed by atoms with Crippen LogP contribution in [0.1, 0.15) is 23.1 Å². The van der Waals surface area contributed by atoms with Crippen LogP contribution < -0.4 is 4.74 Å². The lowest BCUT2D eigenvalue weighted by Crippen LogP contribution is -2.45. The van der Waals surface area contributed by atoms with Crippen molar-refractivity contribution < 1.29 is 9.53 Å². The Kier molecular flexibility index (Phi) is 4.95. The zero-order valence-electron chi connectivity index (χ0n) is 15.3. The predicted molar refractivity (Wildman–Crippen MR) is 106 cm³/mol. The number of carbonyl (C=O) groups excluding carboxylic acids is 1. The third-order valence-electron chi connectivity index (χ3n) is 4.76. The van der Waals surface area contributed by atoms with Crippen molar-refractivity contribution in [3.8, 4) is 17.3 Å². The van der Waals surface area contributed by atoms with Gasteiger partial charge in [0.1, 0.15) is 11.4 Å². The van der Waals surface area contributed by atoms with E-state index in [1.807, 2.05) is 17.6 Å². The van der Waals surface area contributed by atoms with Gasteiger partial charge in [0.25, 0.3) is 5.91 Å². The van der Waals surface area contributed by atoms with E-state index >= 15 is 0 Å². The topological polar surface area (TPSA) is 73.1 Å². The Balaban J connectivity index is 1.66. The smallest absolute Gasteiger partial charge is 0.256 e. The molecule has 0 N–H and O–H groups in total. The molecule has 0 unspecified atom stereocenters. The molecule has 7 nitrogen and oxygen atoms in total. The van der Waals surface area contributed by atoms with Gasteiger partial charge in [-0.05, 0) is 25.1 Å². The molecular weight excluding hydrogens is 400 g/mol. The molecular formula is C19H17Cl2N5O2. The maximum absolute atomic E-state index is 13.0. The fourth-order valence-corrected chi connectivity index (χ4v) is 3.64. The van der Waals surface area contributed by atoms with Gasteiger partial charge in [0.2, 0.25) is 0 Å². The average molecular weight is 417 g/mol. The second kappa shape index (κ2) is 7.41. The molecule has 0 radical (unpaired) electrons. The molecule has 0 spiro atoms. The molecule has 1 amide bonds. The lowest BCUT2D eigenvalue weighted by atomic mass is 10.1. The van der Waals surface area contributed by atoms with Crippen LogP contribution >= 0.6 is 23.2 Å². The van der Waals surface area contributed by atoms with Gasteiger partial charge in [0, 0.05) is 24.8 Å². The summed E-state index contributed by atoms with van der Waals surface area (Å²) in [6.45, 7) is 2.84. The van der Waals surface area contributed by atoms with Crippen molar-refractivity contribution in [3.05, 3.63) is 58.0 Å². The number of amides is 1. The van der Waals surface area contributed by atoms with Crippen LogP contribution in [0, 0.1) is 0 Å². The van der Waals surface area contributed by atoms with Crippen LogP contribution in [0.2, 0.25) is 10.0 Å². The van der Waals surface area contributed by atoms with Crippen molar-refractivity contribution in [3.63, 3.8) is 0 Å². The molecule has 1 aliphatic heterocycles. The number of nitrogens with zero attached hydrogens (tertiary/aromatic N) is 5. The van der Waals surface area contributed by atoms with E-state index in [0.717, 1.165) is 0 Å². The number of ether oxygens (including phenoxy) is 1. The van der Waals surface area contributed by atoms with Gasteiger partial charge in [0.05, 0.1) is 29.3 Å². The summed E-state index contributed by atoms with van der Waals surface area (Å²) in [7, 11) is 1.60. The van der Waals surface area contributed by atoms with E-state index in [-0.39, 0.29) is 17.0 Å².